The van der Waals surface area contributed by atoms with Gasteiger partial charge >= 0.3 is 6.18 Å². The third-order valence-electron chi connectivity index (χ3n) is 7.70. The molecule has 46 heavy (non-hydrogen) atoms. The molecule has 1 atom stereocenters. The number of para-hydroxylation sites is 2. The highest BCUT2D eigenvalue weighted by atomic mass is 19.4. The Kier molecular flexibility index (Phi) is 8.23. The molecule has 4 heterocycles. The van der Waals surface area contributed by atoms with Gasteiger partial charge in [-0.05, 0) is 55.8 Å². The maximum absolute atomic E-state index is 13.1. The molecule has 236 valence electrons. The molecule has 1 aliphatic rings. The predicted molar refractivity (Wildman–Crippen MR) is 167 cm³/mol. The molecule has 2 amide bonds. The molecule has 5 aromatic rings. The molecule has 0 spiro atoms. The van der Waals surface area contributed by atoms with Crippen LogP contribution in [-0.4, -0.2) is 61.1 Å². The van der Waals surface area contributed by atoms with E-state index in [1.807, 2.05) is 9.58 Å². The average molecular weight is 631 g/mol. The average Bonchev–Trinajstić information content (AvgIpc) is 3.43. The number of pyridine rings is 1. The van der Waals surface area contributed by atoms with Crippen molar-refractivity contribution in [3.63, 3.8) is 0 Å². The normalized spacial score (nSPS) is 15.5. The number of anilines is 4. The second kappa shape index (κ2) is 12.4. The first-order valence-corrected chi connectivity index (χ1v) is 14.4. The second-order valence-corrected chi connectivity index (χ2v) is 10.9. The lowest BCUT2D eigenvalue weighted by Gasteiger charge is -2.32. The molecular weight excluding hydrogens is 601 g/mol. The zero-order valence-electron chi connectivity index (χ0n) is 24.3. The van der Waals surface area contributed by atoms with Crippen LogP contribution in [0.1, 0.15) is 34.8 Å². The molecule has 6 rings (SSSR count). The van der Waals surface area contributed by atoms with Gasteiger partial charge in [0.25, 0.3) is 5.91 Å². The number of fused-ring (bicyclic) bond motifs is 1. The van der Waals surface area contributed by atoms with Gasteiger partial charge in [-0.15, -0.1) is 0 Å². The largest absolute Gasteiger partial charge is 0.416 e. The predicted octanol–water partition coefficient (Wildman–Crippen LogP) is 4.60. The van der Waals surface area contributed by atoms with Crippen molar-refractivity contribution in [2.24, 2.45) is 0 Å². The summed E-state index contributed by atoms with van der Waals surface area (Å²) >= 11 is 0. The van der Waals surface area contributed by atoms with E-state index in [1.54, 1.807) is 36.4 Å². The Labute approximate surface area is 260 Å². The van der Waals surface area contributed by atoms with Crippen LogP contribution in [0.15, 0.2) is 73.2 Å². The van der Waals surface area contributed by atoms with Crippen molar-refractivity contribution >= 4 is 45.9 Å². The zero-order chi connectivity index (χ0) is 32.4. The number of hydrogen-bond acceptors (Lipinski definition) is 9. The van der Waals surface area contributed by atoms with Crippen LogP contribution in [0.2, 0.25) is 0 Å². The summed E-state index contributed by atoms with van der Waals surface area (Å²) in [5, 5.41) is 10.7. The van der Waals surface area contributed by atoms with Gasteiger partial charge < -0.3 is 22.1 Å². The number of piperidine rings is 1. The molecule has 12 nitrogen and oxygen atoms in total. The monoisotopic (exact) mass is 630 g/mol. The molecule has 15 heteroatoms. The molecule has 1 aliphatic heterocycles. The number of alkyl halides is 3. The molecule has 2 aromatic carbocycles. The first-order valence-electron chi connectivity index (χ1n) is 14.4. The Bertz CT molecular complexity index is 1910. The molecule has 6 N–H and O–H groups in total. The highest BCUT2D eigenvalue weighted by Crippen LogP contribution is 2.34. The van der Waals surface area contributed by atoms with Crippen LogP contribution in [-0.2, 0) is 11.0 Å². The lowest BCUT2D eigenvalue weighted by atomic mass is 10.1. The number of nitrogens with zero attached hydrogens (tertiary/aromatic N) is 6. The van der Waals surface area contributed by atoms with Crippen molar-refractivity contribution in [3.05, 3.63) is 84.3 Å². The number of benzene rings is 2. The van der Waals surface area contributed by atoms with Crippen molar-refractivity contribution in [2.45, 2.75) is 25.1 Å². The van der Waals surface area contributed by atoms with Gasteiger partial charge in [0.1, 0.15) is 23.7 Å². The topological polar surface area (TPSA) is 170 Å². The number of amides is 2. The number of carbonyl (C=O) groups is 2. The maximum Gasteiger partial charge on any atom is 0.416 e. The number of nitrogens with one attached hydrogen (secondary N) is 2. The van der Waals surface area contributed by atoms with Crippen LogP contribution >= 0.6 is 0 Å². The van der Waals surface area contributed by atoms with Crippen LogP contribution in [0, 0.1) is 0 Å². The van der Waals surface area contributed by atoms with Crippen molar-refractivity contribution < 1.29 is 22.8 Å². The van der Waals surface area contributed by atoms with Crippen LogP contribution < -0.4 is 22.1 Å². The van der Waals surface area contributed by atoms with E-state index < -0.39 is 17.6 Å². The van der Waals surface area contributed by atoms with Gasteiger partial charge in [0.2, 0.25) is 5.91 Å². The number of aromatic nitrogens is 5. The summed E-state index contributed by atoms with van der Waals surface area (Å²) in [5.74, 6) is -0.792. The van der Waals surface area contributed by atoms with E-state index >= 15 is 0 Å². The van der Waals surface area contributed by atoms with E-state index in [1.165, 1.54) is 18.5 Å². The van der Waals surface area contributed by atoms with Crippen LogP contribution in [0.25, 0.3) is 22.3 Å². The fourth-order valence-electron chi connectivity index (χ4n) is 5.47. The van der Waals surface area contributed by atoms with Crippen molar-refractivity contribution in [3.8, 4) is 11.3 Å². The van der Waals surface area contributed by atoms with Crippen molar-refractivity contribution in [1.82, 2.24) is 29.6 Å². The van der Waals surface area contributed by atoms with Gasteiger partial charge in [-0.1, -0.05) is 24.3 Å². The molecular formula is C31H29F3N10O2. The highest BCUT2D eigenvalue weighted by Gasteiger charge is 2.31. The number of hydrogen-bond donors (Lipinski definition) is 4. The minimum Gasteiger partial charge on any atom is -0.397 e. The quantitative estimate of drug-likeness (QED) is 0.188. The number of rotatable bonds is 7. The van der Waals surface area contributed by atoms with Crippen LogP contribution in [0.5, 0.6) is 0 Å². The number of carbonyl (C=O) groups excluding carboxylic acids is 2. The van der Waals surface area contributed by atoms with E-state index in [4.69, 9.17) is 16.6 Å². The third kappa shape index (κ3) is 6.44. The number of nitrogen functional groups attached to an aromatic ring is 2. The first kappa shape index (κ1) is 30.5. The summed E-state index contributed by atoms with van der Waals surface area (Å²) < 4.78 is 41.0. The summed E-state index contributed by atoms with van der Waals surface area (Å²) in [5.41, 5.74) is 14.3. The Morgan fingerprint density at radius 1 is 0.978 bits per heavy atom. The Balaban J connectivity index is 1.21. The number of nitrogens with two attached hydrogens (primary N) is 2. The Morgan fingerprint density at radius 3 is 2.52 bits per heavy atom. The molecule has 1 saturated heterocycles. The maximum atomic E-state index is 13.1. The smallest absolute Gasteiger partial charge is 0.397 e. The summed E-state index contributed by atoms with van der Waals surface area (Å²) in [6.07, 6.45) is -0.590. The van der Waals surface area contributed by atoms with E-state index in [0.29, 0.717) is 40.2 Å². The molecule has 0 radical (unpaired) electrons. The van der Waals surface area contributed by atoms with E-state index in [-0.39, 0.29) is 35.7 Å². The molecule has 1 fully saturated rings. The SMILES string of the molecule is Nc1ccccc1NC(=O)CN1CCCC(n2nc(-c3ccc(C(=O)Nc4cc(C(F)(F)F)ccn4)cc3)c3c(N)ncnc32)C1. The standard InChI is InChI=1S/C31H29F3N10O2/c32-31(33,34)20-11-12-37-24(14-20)41-30(46)19-9-7-18(8-10-19)27-26-28(36)38-17-39-29(26)44(42-27)21-4-3-13-43(15-21)16-25(45)40-23-6-2-1-5-22(23)35/h1-2,5-12,14,17,21H,3-4,13,15-16,35H2,(H,40,45)(H2,36,38,39)(H,37,41,46). The van der Waals surface area contributed by atoms with E-state index in [9.17, 15) is 22.8 Å². The fourth-order valence-corrected chi connectivity index (χ4v) is 5.47. The second-order valence-electron chi connectivity index (χ2n) is 10.9. The molecule has 0 aliphatic carbocycles. The minimum absolute atomic E-state index is 0.112. The first-order chi connectivity index (χ1) is 22.1. The molecule has 1 unspecified atom stereocenters. The van der Waals surface area contributed by atoms with Crippen molar-refractivity contribution in [1.29, 1.82) is 0 Å². The molecule has 0 bridgehead atoms. The summed E-state index contributed by atoms with van der Waals surface area (Å²) in [7, 11) is 0. The summed E-state index contributed by atoms with van der Waals surface area (Å²) in [6.45, 7) is 1.45. The highest BCUT2D eigenvalue weighted by molar-refractivity contribution is 6.04. The van der Waals surface area contributed by atoms with Gasteiger partial charge in [-0.2, -0.15) is 18.3 Å². The zero-order valence-corrected chi connectivity index (χ0v) is 24.3. The minimum atomic E-state index is -4.57. The van der Waals surface area contributed by atoms with Crippen molar-refractivity contribution in [2.75, 3.05) is 41.7 Å². The van der Waals surface area contributed by atoms with Gasteiger partial charge in [0, 0.05) is 23.9 Å². The summed E-state index contributed by atoms with van der Waals surface area (Å²) in [6, 6.07) is 15.0. The van der Waals surface area contributed by atoms with Crippen LogP contribution in [0.3, 0.4) is 0 Å². The van der Waals surface area contributed by atoms with Crippen LogP contribution in [0.4, 0.5) is 36.2 Å². The lowest BCUT2D eigenvalue weighted by molar-refractivity contribution is -0.137. The molecule has 0 saturated carbocycles. The number of halogens is 3. The Hall–Kier alpha value is -5.57. The molecule has 3 aromatic heterocycles. The fraction of sp³-hybridized carbons (Fsp3) is 0.226. The van der Waals surface area contributed by atoms with Gasteiger partial charge in [-0.3, -0.25) is 14.5 Å². The number of likely N-dealkylation sites (tertiary alicyclic amines) is 1. The van der Waals surface area contributed by atoms with Gasteiger partial charge in [0.05, 0.1) is 34.9 Å². The summed E-state index contributed by atoms with van der Waals surface area (Å²) in [4.78, 5) is 40.1. The lowest BCUT2D eigenvalue weighted by Crippen LogP contribution is -2.41. The third-order valence-corrected chi connectivity index (χ3v) is 7.70. The Morgan fingerprint density at radius 2 is 1.76 bits per heavy atom. The van der Waals surface area contributed by atoms with E-state index in [2.05, 4.69) is 25.6 Å². The van der Waals surface area contributed by atoms with E-state index in [0.717, 1.165) is 37.7 Å². The van der Waals surface area contributed by atoms with Gasteiger partial charge in [-0.25, -0.2) is 19.6 Å². The van der Waals surface area contributed by atoms with Gasteiger partial charge in [0.15, 0.2) is 5.65 Å².